The lowest BCUT2D eigenvalue weighted by Crippen LogP contribution is -2.29. The van der Waals surface area contributed by atoms with Gasteiger partial charge in [-0.2, -0.15) is 0 Å². The molecule has 0 aliphatic carbocycles. The van der Waals surface area contributed by atoms with Crippen molar-refractivity contribution in [1.29, 1.82) is 0 Å². The lowest BCUT2D eigenvalue weighted by molar-refractivity contribution is -0.121. The largest absolute Gasteiger partial charge is 0.508 e. The van der Waals surface area contributed by atoms with Crippen molar-refractivity contribution < 1.29 is 9.90 Å². The fourth-order valence-corrected chi connectivity index (χ4v) is 3.31. The highest BCUT2D eigenvalue weighted by atomic mass is 35.5. The predicted molar refractivity (Wildman–Crippen MR) is 102 cm³/mol. The molecule has 25 heavy (non-hydrogen) atoms. The van der Waals surface area contributed by atoms with Crippen molar-refractivity contribution in [2.75, 3.05) is 0 Å². The summed E-state index contributed by atoms with van der Waals surface area (Å²) < 4.78 is 0. The van der Waals surface area contributed by atoms with Crippen LogP contribution < -0.4 is 5.32 Å². The van der Waals surface area contributed by atoms with Crippen molar-refractivity contribution in [3.05, 3.63) is 76.8 Å². The van der Waals surface area contributed by atoms with Gasteiger partial charge in [-0.3, -0.25) is 4.79 Å². The molecule has 0 spiro atoms. The average molecular weight is 354 g/mol. The molecule has 0 radical (unpaired) electrons. The van der Waals surface area contributed by atoms with Crippen molar-refractivity contribution in [2.45, 2.75) is 25.8 Å². The lowest BCUT2D eigenvalue weighted by Gasteiger charge is -2.23. The Morgan fingerprint density at radius 2 is 1.80 bits per heavy atom. The van der Waals surface area contributed by atoms with Gasteiger partial charge in [0.2, 0.25) is 5.91 Å². The van der Waals surface area contributed by atoms with E-state index in [9.17, 15) is 9.90 Å². The van der Waals surface area contributed by atoms with E-state index in [1.165, 1.54) is 0 Å². The van der Waals surface area contributed by atoms with Gasteiger partial charge < -0.3 is 10.4 Å². The number of carbonyl (C=O) groups excluding carboxylic acids is 1. The molecule has 0 fully saturated rings. The number of phenolic OH excluding ortho intramolecular Hbond substituents is 1. The van der Waals surface area contributed by atoms with Gasteiger partial charge in [-0.1, -0.05) is 67.1 Å². The first-order valence-corrected chi connectivity index (χ1v) is 8.74. The van der Waals surface area contributed by atoms with E-state index in [-0.39, 0.29) is 11.7 Å². The maximum absolute atomic E-state index is 12.3. The van der Waals surface area contributed by atoms with Crippen molar-refractivity contribution in [1.82, 2.24) is 5.32 Å². The van der Waals surface area contributed by atoms with Gasteiger partial charge in [0.1, 0.15) is 5.75 Å². The zero-order valence-corrected chi connectivity index (χ0v) is 14.8. The molecule has 1 amide bonds. The van der Waals surface area contributed by atoms with Crippen LogP contribution in [0, 0.1) is 0 Å². The molecule has 3 aromatic rings. The Labute approximate surface area is 152 Å². The molecule has 0 saturated carbocycles. The van der Waals surface area contributed by atoms with E-state index in [4.69, 9.17) is 11.6 Å². The Hall–Kier alpha value is -2.52. The Kier molecular flexibility index (Phi) is 5.25. The third-order valence-corrected chi connectivity index (χ3v) is 4.58. The number of fused-ring (bicyclic) bond motifs is 1. The molecular weight excluding hydrogens is 334 g/mol. The Balaban J connectivity index is 2.20. The van der Waals surface area contributed by atoms with Crippen LogP contribution in [0.1, 0.15) is 36.9 Å². The molecule has 128 valence electrons. The SMILES string of the molecule is CCCC(=O)N[C@H](c1ccccc1Cl)c1c(O)ccc2ccccc12. The van der Waals surface area contributed by atoms with E-state index in [1.807, 2.05) is 55.5 Å². The molecule has 3 rings (SSSR count). The molecule has 3 nitrogen and oxygen atoms in total. The van der Waals surface area contributed by atoms with Crippen molar-refractivity contribution in [2.24, 2.45) is 0 Å². The first-order chi connectivity index (χ1) is 12.1. The minimum atomic E-state index is -0.515. The van der Waals surface area contributed by atoms with Gasteiger partial charge in [-0.05, 0) is 34.9 Å². The molecule has 2 N–H and O–H groups in total. The summed E-state index contributed by atoms with van der Waals surface area (Å²) in [6, 6.07) is 18.2. The average Bonchev–Trinajstić information content (AvgIpc) is 2.61. The number of nitrogens with one attached hydrogen (secondary N) is 1. The van der Waals surface area contributed by atoms with Crippen LogP contribution in [-0.4, -0.2) is 11.0 Å². The summed E-state index contributed by atoms with van der Waals surface area (Å²) >= 11 is 6.40. The number of amides is 1. The molecule has 0 aliphatic rings. The highest BCUT2D eigenvalue weighted by Crippen LogP contribution is 2.38. The highest BCUT2D eigenvalue weighted by molar-refractivity contribution is 6.31. The molecule has 1 atom stereocenters. The smallest absolute Gasteiger partial charge is 0.220 e. The lowest BCUT2D eigenvalue weighted by atomic mass is 9.92. The topological polar surface area (TPSA) is 49.3 Å². The van der Waals surface area contributed by atoms with Gasteiger partial charge in [0.15, 0.2) is 0 Å². The quantitative estimate of drug-likeness (QED) is 0.662. The van der Waals surface area contributed by atoms with E-state index in [1.54, 1.807) is 12.1 Å². The summed E-state index contributed by atoms with van der Waals surface area (Å²) in [6.07, 6.45) is 1.18. The monoisotopic (exact) mass is 353 g/mol. The maximum Gasteiger partial charge on any atom is 0.220 e. The van der Waals surface area contributed by atoms with E-state index in [0.29, 0.717) is 17.0 Å². The summed E-state index contributed by atoms with van der Waals surface area (Å²) in [7, 11) is 0. The number of phenols is 1. The fraction of sp³-hybridized carbons (Fsp3) is 0.190. The Morgan fingerprint density at radius 1 is 1.08 bits per heavy atom. The molecule has 0 bridgehead atoms. The summed E-state index contributed by atoms with van der Waals surface area (Å²) in [5, 5.41) is 16.1. The third kappa shape index (κ3) is 3.62. The molecule has 0 aromatic heterocycles. The minimum absolute atomic E-state index is 0.0697. The molecule has 0 unspecified atom stereocenters. The van der Waals surface area contributed by atoms with Gasteiger partial charge in [0.05, 0.1) is 6.04 Å². The molecule has 3 aromatic carbocycles. The number of rotatable bonds is 5. The van der Waals surface area contributed by atoms with E-state index >= 15 is 0 Å². The first-order valence-electron chi connectivity index (χ1n) is 8.36. The van der Waals surface area contributed by atoms with Gasteiger partial charge in [-0.15, -0.1) is 0 Å². The van der Waals surface area contributed by atoms with Crippen LogP contribution in [0.5, 0.6) is 5.75 Å². The Morgan fingerprint density at radius 3 is 2.56 bits per heavy atom. The summed E-state index contributed by atoms with van der Waals surface area (Å²) in [4.78, 5) is 12.3. The number of hydrogen-bond acceptors (Lipinski definition) is 2. The molecule has 0 aliphatic heterocycles. The standard InChI is InChI=1S/C21H20ClNO2/c1-2-7-19(25)23-21(16-10-5-6-11-17(16)22)20-15-9-4-3-8-14(15)12-13-18(20)24/h3-6,8-13,21,24H,2,7H2,1H3,(H,23,25)/t21-/m1/s1. The summed E-state index contributed by atoms with van der Waals surface area (Å²) in [5.74, 6) is 0.0696. The van der Waals surface area contributed by atoms with Crippen LogP contribution in [0.2, 0.25) is 5.02 Å². The number of carbonyl (C=O) groups is 1. The Bertz CT molecular complexity index is 907. The van der Waals surface area contributed by atoms with Gasteiger partial charge in [0, 0.05) is 17.0 Å². The molecule has 0 heterocycles. The van der Waals surface area contributed by atoms with Crippen molar-refractivity contribution in [3.63, 3.8) is 0 Å². The van der Waals surface area contributed by atoms with E-state index in [2.05, 4.69) is 5.32 Å². The molecule has 0 saturated heterocycles. The summed E-state index contributed by atoms with van der Waals surface area (Å²) in [6.45, 7) is 1.96. The normalized spacial score (nSPS) is 12.1. The van der Waals surface area contributed by atoms with Crippen LogP contribution >= 0.6 is 11.6 Å². The van der Waals surface area contributed by atoms with Gasteiger partial charge in [-0.25, -0.2) is 0 Å². The van der Waals surface area contributed by atoms with E-state index < -0.39 is 6.04 Å². The third-order valence-electron chi connectivity index (χ3n) is 4.23. The number of benzene rings is 3. The second-order valence-corrected chi connectivity index (χ2v) is 6.40. The van der Waals surface area contributed by atoms with Gasteiger partial charge >= 0.3 is 0 Å². The van der Waals surface area contributed by atoms with Crippen molar-refractivity contribution in [3.8, 4) is 5.75 Å². The van der Waals surface area contributed by atoms with Crippen LogP contribution in [0.4, 0.5) is 0 Å². The number of aromatic hydroxyl groups is 1. The molecule has 4 heteroatoms. The molecular formula is C21H20ClNO2. The second-order valence-electron chi connectivity index (χ2n) is 5.99. The van der Waals surface area contributed by atoms with E-state index in [0.717, 1.165) is 22.8 Å². The van der Waals surface area contributed by atoms with Crippen LogP contribution in [0.15, 0.2) is 60.7 Å². The zero-order valence-electron chi connectivity index (χ0n) is 14.0. The van der Waals surface area contributed by atoms with Gasteiger partial charge in [0.25, 0.3) is 0 Å². The fourth-order valence-electron chi connectivity index (χ4n) is 3.06. The van der Waals surface area contributed by atoms with Crippen LogP contribution in [-0.2, 0) is 4.79 Å². The minimum Gasteiger partial charge on any atom is -0.508 e. The first kappa shape index (κ1) is 17.3. The number of halogens is 1. The predicted octanol–water partition coefficient (Wildman–Crippen LogP) is 5.20. The number of hydrogen-bond donors (Lipinski definition) is 2. The highest BCUT2D eigenvalue weighted by Gasteiger charge is 2.24. The summed E-state index contributed by atoms with van der Waals surface area (Å²) in [5.41, 5.74) is 1.43. The van der Waals surface area contributed by atoms with Crippen molar-refractivity contribution >= 4 is 28.3 Å². The maximum atomic E-state index is 12.3. The zero-order chi connectivity index (χ0) is 17.8. The van der Waals surface area contributed by atoms with Crippen LogP contribution in [0.25, 0.3) is 10.8 Å². The second kappa shape index (κ2) is 7.58. The van der Waals surface area contributed by atoms with Crippen LogP contribution in [0.3, 0.4) is 0 Å².